The van der Waals surface area contributed by atoms with Crippen molar-refractivity contribution < 1.29 is 4.74 Å². The zero-order valence-electron chi connectivity index (χ0n) is 15.8. The predicted octanol–water partition coefficient (Wildman–Crippen LogP) is 0.491. The van der Waals surface area contributed by atoms with Crippen LogP contribution in [0.1, 0.15) is 23.5 Å². The first kappa shape index (κ1) is 18.1. The van der Waals surface area contributed by atoms with Gasteiger partial charge in [-0.05, 0) is 30.9 Å². The summed E-state index contributed by atoms with van der Waals surface area (Å²) in [7, 11) is 1.65. The van der Waals surface area contributed by atoms with Gasteiger partial charge in [-0.25, -0.2) is 14.6 Å². The summed E-state index contributed by atoms with van der Waals surface area (Å²) in [5.74, 6) is 1.66. The van der Waals surface area contributed by atoms with Crippen LogP contribution in [0.25, 0.3) is 0 Å². The first-order valence-corrected chi connectivity index (χ1v) is 9.61. The number of aromatic nitrogens is 4. The Hall–Kier alpha value is -2.32. The molecule has 0 amide bonds. The molecule has 0 N–H and O–H groups in total. The van der Waals surface area contributed by atoms with Gasteiger partial charge in [0.15, 0.2) is 5.82 Å². The average Bonchev–Trinajstić information content (AvgIpc) is 3.14. The molecule has 1 saturated heterocycles. The lowest BCUT2D eigenvalue weighted by molar-refractivity contribution is 0.177. The van der Waals surface area contributed by atoms with E-state index in [0.29, 0.717) is 19.0 Å². The Kier molecular flexibility index (Phi) is 5.45. The molecule has 1 fully saturated rings. The summed E-state index contributed by atoms with van der Waals surface area (Å²) in [5, 5.41) is 4.57. The lowest BCUT2D eigenvalue weighted by Gasteiger charge is -2.35. The van der Waals surface area contributed by atoms with E-state index in [1.54, 1.807) is 24.1 Å². The fourth-order valence-corrected chi connectivity index (χ4v) is 3.80. The molecule has 0 unspecified atom stereocenters. The Morgan fingerprint density at radius 1 is 1.15 bits per heavy atom. The van der Waals surface area contributed by atoms with Crippen LogP contribution in [0.3, 0.4) is 0 Å². The first-order valence-electron chi connectivity index (χ1n) is 9.61. The zero-order chi connectivity index (χ0) is 18.6. The number of ether oxygens (including phenoxy) is 1. The summed E-state index contributed by atoms with van der Waals surface area (Å²) in [4.78, 5) is 25.7. The number of piperazine rings is 1. The van der Waals surface area contributed by atoms with Crippen LogP contribution in [0.15, 0.2) is 23.1 Å². The maximum absolute atomic E-state index is 12.2. The molecule has 8 nitrogen and oxygen atoms in total. The summed E-state index contributed by atoms with van der Waals surface area (Å²) in [6.45, 7) is 5.64. The van der Waals surface area contributed by atoms with Gasteiger partial charge in [0.25, 0.3) is 5.56 Å². The molecule has 8 heteroatoms. The standard InChI is InChI=1S/C19H26N6O2/c1-27-14-17-20-6-5-18(21-17)24-10-7-23(8-11-24)9-12-25-19(26)13-15-3-2-4-16(15)22-25/h5-6,13H,2-4,7-12,14H2,1H3. The van der Waals surface area contributed by atoms with E-state index in [9.17, 15) is 4.79 Å². The van der Waals surface area contributed by atoms with Crippen molar-refractivity contribution in [3.63, 3.8) is 0 Å². The van der Waals surface area contributed by atoms with E-state index in [4.69, 9.17) is 4.74 Å². The van der Waals surface area contributed by atoms with E-state index in [2.05, 4.69) is 24.9 Å². The summed E-state index contributed by atoms with van der Waals surface area (Å²) in [6, 6.07) is 3.73. The van der Waals surface area contributed by atoms with Crippen LogP contribution < -0.4 is 10.5 Å². The fourth-order valence-electron chi connectivity index (χ4n) is 3.80. The van der Waals surface area contributed by atoms with Crippen molar-refractivity contribution in [1.82, 2.24) is 24.6 Å². The Morgan fingerprint density at radius 2 is 2.00 bits per heavy atom. The van der Waals surface area contributed by atoms with Crippen molar-refractivity contribution in [1.29, 1.82) is 0 Å². The topological polar surface area (TPSA) is 76.4 Å². The van der Waals surface area contributed by atoms with Crippen LogP contribution in [-0.2, 0) is 30.7 Å². The van der Waals surface area contributed by atoms with Gasteiger partial charge in [-0.3, -0.25) is 9.69 Å². The number of hydrogen-bond donors (Lipinski definition) is 0. The monoisotopic (exact) mass is 370 g/mol. The largest absolute Gasteiger partial charge is 0.377 e. The normalized spacial score (nSPS) is 17.3. The minimum Gasteiger partial charge on any atom is -0.377 e. The third kappa shape index (κ3) is 4.17. The number of methoxy groups -OCH3 is 1. The molecule has 0 bridgehead atoms. The molecular formula is C19H26N6O2. The summed E-state index contributed by atoms with van der Waals surface area (Å²) in [6.07, 6.45) is 4.89. The lowest BCUT2D eigenvalue weighted by Crippen LogP contribution is -2.48. The van der Waals surface area contributed by atoms with Gasteiger partial charge in [0.1, 0.15) is 12.4 Å². The molecule has 2 aromatic rings. The number of nitrogens with zero attached hydrogens (tertiary/aromatic N) is 6. The van der Waals surface area contributed by atoms with Crippen molar-refractivity contribution in [2.45, 2.75) is 32.4 Å². The summed E-state index contributed by atoms with van der Waals surface area (Å²) < 4.78 is 6.75. The highest BCUT2D eigenvalue weighted by Crippen LogP contribution is 2.17. The van der Waals surface area contributed by atoms with Gasteiger partial charge in [0.05, 0.1) is 12.2 Å². The third-order valence-corrected chi connectivity index (χ3v) is 5.31. The third-order valence-electron chi connectivity index (χ3n) is 5.31. The molecule has 4 rings (SSSR count). The quantitative estimate of drug-likeness (QED) is 0.732. The van der Waals surface area contributed by atoms with E-state index in [0.717, 1.165) is 69.1 Å². The highest BCUT2D eigenvalue weighted by molar-refractivity contribution is 5.38. The maximum atomic E-state index is 12.2. The van der Waals surface area contributed by atoms with E-state index in [1.165, 1.54) is 0 Å². The van der Waals surface area contributed by atoms with Crippen LogP contribution >= 0.6 is 0 Å². The minimum absolute atomic E-state index is 0.0287. The van der Waals surface area contributed by atoms with E-state index in [1.807, 2.05) is 6.07 Å². The second-order valence-corrected chi connectivity index (χ2v) is 7.12. The van der Waals surface area contributed by atoms with Gasteiger partial charge in [0, 0.05) is 52.1 Å². The van der Waals surface area contributed by atoms with Crippen molar-refractivity contribution in [3.05, 3.63) is 45.8 Å². The lowest BCUT2D eigenvalue weighted by atomic mass is 10.2. The Bertz CT molecular complexity index is 844. The van der Waals surface area contributed by atoms with Crippen molar-refractivity contribution in [3.8, 4) is 0 Å². The Labute approximate surface area is 158 Å². The van der Waals surface area contributed by atoms with E-state index in [-0.39, 0.29) is 5.56 Å². The molecule has 1 aliphatic heterocycles. The average molecular weight is 370 g/mol. The number of fused-ring (bicyclic) bond motifs is 1. The maximum Gasteiger partial charge on any atom is 0.267 e. The molecule has 0 atom stereocenters. The molecule has 0 spiro atoms. The Morgan fingerprint density at radius 3 is 2.81 bits per heavy atom. The predicted molar refractivity (Wildman–Crippen MR) is 102 cm³/mol. The van der Waals surface area contributed by atoms with Crippen LogP contribution in [0, 0.1) is 0 Å². The Balaban J connectivity index is 1.31. The molecule has 2 aliphatic rings. The molecule has 27 heavy (non-hydrogen) atoms. The van der Waals surface area contributed by atoms with Gasteiger partial charge in [-0.15, -0.1) is 0 Å². The number of aryl methyl sites for hydroxylation is 2. The van der Waals surface area contributed by atoms with E-state index < -0.39 is 0 Å². The minimum atomic E-state index is 0.0287. The first-order chi connectivity index (χ1) is 13.2. The highest BCUT2D eigenvalue weighted by Gasteiger charge is 2.19. The number of anilines is 1. The molecule has 2 aromatic heterocycles. The highest BCUT2D eigenvalue weighted by atomic mass is 16.5. The van der Waals surface area contributed by atoms with Crippen molar-refractivity contribution >= 4 is 5.82 Å². The molecule has 3 heterocycles. The smallest absolute Gasteiger partial charge is 0.267 e. The van der Waals surface area contributed by atoms with Crippen LogP contribution in [0.4, 0.5) is 5.82 Å². The van der Waals surface area contributed by atoms with Gasteiger partial charge < -0.3 is 9.64 Å². The molecule has 0 aromatic carbocycles. The van der Waals surface area contributed by atoms with Crippen molar-refractivity contribution in [2.24, 2.45) is 0 Å². The molecule has 144 valence electrons. The van der Waals surface area contributed by atoms with Gasteiger partial charge in [-0.2, -0.15) is 5.10 Å². The second kappa shape index (κ2) is 8.14. The molecular weight excluding hydrogens is 344 g/mol. The molecule has 0 saturated carbocycles. The van der Waals surface area contributed by atoms with Crippen LogP contribution in [0.5, 0.6) is 0 Å². The number of rotatable bonds is 6. The second-order valence-electron chi connectivity index (χ2n) is 7.12. The summed E-state index contributed by atoms with van der Waals surface area (Å²) >= 11 is 0. The van der Waals surface area contributed by atoms with E-state index >= 15 is 0 Å². The van der Waals surface area contributed by atoms with Gasteiger partial charge in [-0.1, -0.05) is 0 Å². The van der Waals surface area contributed by atoms with Gasteiger partial charge in [0.2, 0.25) is 0 Å². The molecule has 1 aliphatic carbocycles. The van der Waals surface area contributed by atoms with Crippen molar-refractivity contribution in [2.75, 3.05) is 44.7 Å². The SMILES string of the molecule is COCc1nccc(N2CCN(CCn3nc4c(cc3=O)CCC4)CC2)n1. The summed E-state index contributed by atoms with van der Waals surface area (Å²) in [5.41, 5.74) is 2.28. The van der Waals surface area contributed by atoms with Crippen LogP contribution in [-0.4, -0.2) is 64.5 Å². The van der Waals surface area contributed by atoms with Gasteiger partial charge >= 0.3 is 0 Å². The molecule has 0 radical (unpaired) electrons. The van der Waals surface area contributed by atoms with Crippen LogP contribution in [0.2, 0.25) is 0 Å². The fraction of sp³-hybridized carbons (Fsp3) is 0.579. The number of hydrogen-bond acceptors (Lipinski definition) is 7. The zero-order valence-corrected chi connectivity index (χ0v) is 15.8.